The fraction of sp³-hybridized carbons (Fsp3) is 0.417. The highest BCUT2D eigenvalue weighted by atomic mass is 16.5. The summed E-state index contributed by atoms with van der Waals surface area (Å²) in [6.07, 6.45) is 3.70. The van der Waals surface area contributed by atoms with Gasteiger partial charge in [-0.05, 0) is 66.5 Å². The number of benzene rings is 2. The minimum Gasteiger partial charge on any atom is -0.494 e. The third-order valence-electron chi connectivity index (χ3n) is 5.60. The zero-order chi connectivity index (χ0) is 18.6. The highest BCUT2D eigenvalue weighted by molar-refractivity contribution is 5.37. The van der Waals surface area contributed by atoms with Gasteiger partial charge in [0.2, 0.25) is 0 Å². The molecule has 27 heavy (non-hydrogen) atoms. The molecule has 0 atom stereocenters. The van der Waals surface area contributed by atoms with Gasteiger partial charge >= 0.3 is 0 Å². The summed E-state index contributed by atoms with van der Waals surface area (Å²) in [5.74, 6) is 1.72. The van der Waals surface area contributed by atoms with Gasteiger partial charge in [0, 0.05) is 31.9 Å². The molecule has 1 saturated carbocycles. The largest absolute Gasteiger partial charge is 0.494 e. The van der Waals surface area contributed by atoms with Crippen molar-refractivity contribution >= 4 is 0 Å². The molecule has 2 aromatic rings. The van der Waals surface area contributed by atoms with Gasteiger partial charge in [-0.2, -0.15) is 0 Å². The Hall–Kier alpha value is -2.26. The van der Waals surface area contributed by atoms with Crippen LogP contribution in [-0.4, -0.2) is 18.1 Å². The molecular weight excluding hydrogens is 332 g/mol. The molecule has 1 fully saturated rings. The van der Waals surface area contributed by atoms with E-state index in [9.17, 15) is 0 Å². The van der Waals surface area contributed by atoms with Crippen molar-refractivity contribution in [3.05, 3.63) is 77.0 Å². The second-order valence-electron chi connectivity index (χ2n) is 7.79. The van der Waals surface area contributed by atoms with Gasteiger partial charge in [-0.1, -0.05) is 36.9 Å². The monoisotopic (exact) mass is 362 g/mol. The molecule has 0 aromatic heterocycles. The average Bonchev–Trinajstić information content (AvgIpc) is 3.53. The Balaban J connectivity index is 1.30. The second kappa shape index (κ2) is 8.18. The standard InChI is InChI=1S/C24H30N2O/c1-3-27-24-11-10-23-17-26(13-12-22(23)14-24)16-20-6-4-19(5-7-20)15-25-18(2)21-8-9-21/h4-7,10-11,14,21,25H,2-3,8-9,12-13,15-17H2,1H3. The predicted molar refractivity (Wildman–Crippen MR) is 111 cm³/mol. The van der Waals surface area contributed by atoms with Gasteiger partial charge in [0.15, 0.2) is 0 Å². The first-order valence-electron chi connectivity index (χ1n) is 10.2. The fourth-order valence-electron chi connectivity index (χ4n) is 3.79. The lowest BCUT2D eigenvalue weighted by atomic mass is 9.99. The van der Waals surface area contributed by atoms with Crippen molar-refractivity contribution in [2.45, 2.75) is 45.8 Å². The molecule has 0 bridgehead atoms. The summed E-state index contributed by atoms with van der Waals surface area (Å²) in [7, 11) is 0. The van der Waals surface area contributed by atoms with Gasteiger partial charge in [0.25, 0.3) is 0 Å². The van der Waals surface area contributed by atoms with Crippen LogP contribution in [0.5, 0.6) is 5.75 Å². The van der Waals surface area contributed by atoms with E-state index in [0.29, 0.717) is 0 Å². The van der Waals surface area contributed by atoms with E-state index in [1.807, 2.05) is 6.92 Å². The minimum absolute atomic E-state index is 0.718. The maximum atomic E-state index is 5.63. The lowest BCUT2D eigenvalue weighted by Crippen LogP contribution is -2.30. The Kier molecular flexibility index (Phi) is 5.49. The zero-order valence-electron chi connectivity index (χ0n) is 16.3. The SMILES string of the molecule is C=C(NCc1ccc(CN2CCc3cc(OCC)ccc3C2)cc1)C1CC1. The number of nitrogens with one attached hydrogen (secondary N) is 1. The summed E-state index contributed by atoms with van der Waals surface area (Å²) in [4.78, 5) is 2.53. The molecular formula is C24H30N2O. The van der Waals surface area contributed by atoms with Gasteiger partial charge in [-0.15, -0.1) is 0 Å². The van der Waals surface area contributed by atoms with Gasteiger partial charge in [-0.25, -0.2) is 0 Å². The van der Waals surface area contributed by atoms with E-state index in [0.717, 1.165) is 50.9 Å². The van der Waals surface area contributed by atoms with Gasteiger partial charge in [0.05, 0.1) is 6.61 Å². The van der Waals surface area contributed by atoms with Crippen LogP contribution in [0.4, 0.5) is 0 Å². The van der Waals surface area contributed by atoms with E-state index in [2.05, 4.69) is 59.3 Å². The highest BCUT2D eigenvalue weighted by Gasteiger charge is 2.24. The second-order valence-corrected chi connectivity index (χ2v) is 7.79. The Morgan fingerprint density at radius 2 is 1.89 bits per heavy atom. The fourth-order valence-corrected chi connectivity index (χ4v) is 3.79. The third kappa shape index (κ3) is 4.72. The van der Waals surface area contributed by atoms with Crippen molar-refractivity contribution in [2.75, 3.05) is 13.2 Å². The molecule has 2 aromatic carbocycles. The molecule has 3 nitrogen and oxygen atoms in total. The van der Waals surface area contributed by atoms with E-state index in [1.54, 1.807) is 0 Å². The van der Waals surface area contributed by atoms with Gasteiger partial charge in [-0.3, -0.25) is 4.90 Å². The van der Waals surface area contributed by atoms with Crippen LogP contribution >= 0.6 is 0 Å². The molecule has 4 rings (SSSR count). The first-order valence-corrected chi connectivity index (χ1v) is 10.2. The van der Waals surface area contributed by atoms with E-state index >= 15 is 0 Å². The highest BCUT2D eigenvalue weighted by Crippen LogP contribution is 2.34. The molecule has 0 radical (unpaired) electrons. The van der Waals surface area contributed by atoms with E-state index in [-0.39, 0.29) is 0 Å². The van der Waals surface area contributed by atoms with Crippen molar-refractivity contribution < 1.29 is 4.74 Å². The average molecular weight is 363 g/mol. The number of hydrogen-bond donors (Lipinski definition) is 1. The van der Waals surface area contributed by atoms with Crippen molar-refractivity contribution in [2.24, 2.45) is 5.92 Å². The van der Waals surface area contributed by atoms with Crippen LogP contribution in [-0.2, 0) is 26.1 Å². The Labute approximate surface area is 163 Å². The van der Waals surface area contributed by atoms with Crippen LogP contribution < -0.4 is 10.1 Å². The summed E-state index contributed by atoms with van der Waals surface area (Å²) in [5, 5.41) is 3.47. The van der Waals surface area contributed by atoms with Crippen LogP contribution in [0.15, 0.2) is 54.7 Å². The maximum Gasteiger partial charge on any atom is 0.119 e. The summed E-state index contributed by atoms with van der Waals surface area (Å²) in [5.41, 5.74) is 6.79. The molecule has 1 heterocycles. The van der Waals surface area contributed by atoms with E-state index < -0.39 is 0 Å². The Bertz CT molecular complexity index is 793. The van der Waals surface area contributed by atoms with Crippen LogP contribution in [0.2, 0.25) is 0 Å². The smallest absolute Gasteiger partial charge is 0.119 e. The van der Waals surface area contributed by atoms with Crippen LogP contribution in [0, 0.1) is 5.92 Å². The van der Waals surface area contributed by atoms with Gasteiger partial charge in [0.1, 0.15) is 5.75 Å². The van der Waals surface area contributed by atoms with Crippen molar-refractivity contribution in [3.8, 4) is 5.75 Å². The zero-order valence-corrected chi connectivity index (χ0v) is 16.3. The van der Waals surface area contributed by atoms with Crippen LogP contribution in [0.1, 0.15) is 42.0 Å². The Morgan fingerprint density at radius 3 is 2.63 bits per heavy atom. The third-order valence-corrected chi connectivity index (χ3v) is 5.60. The summed E-state index contributed by atoms with van der Waals surface area (Å²) in [6.45, 7) is 10.9. The summed E-state index contributed by atoms with van der Waals surface area (Å²) >= 11 is 0. The molecule has 1 aliphatic heterocycles. The Morgan fingerprint density at radius 1 is 1.11 bits per heavy atom. The maximum absolute atomic E-state index is 5.63. The number of fused-ring (bicyclic) bond motifs is 1. The quantitative estimate of drug-likeness (QED) is 0.739. The van der Waals surface area contributed by atoms with Crippen molar-refractivity contribution in [1.82, 2.24) is 10.2 Å². The number of nitrogens with zero attached hydrogens (tertiary/aromatic N) is 1. The molecule has 1 N–H and O–H groups in total. The first-order chi connectivity index (χ1) is 13.2. The predicted octanol–water partition coefficient (Wildman–Crippen LogP) is 4.66. The molecule has 0 amide bonds. The lowest BCUT2D eigenvalue weighted by Gasteiger charge is -2.29. The topological polar surface area (TPSA) is 24.5 Å². The number of hydrogen-bond acceptors (Lipinski definition) is 3. The normalized spacial score (nSPS) is 16.6. The van der Waals surface area contributed by atoms with Gasteiger partial charge < -0.3 is 10.1 Å². The minimum atomic E-state index is 0.718. The molecule has 2 aliphatic rings. The van der Waals surface area contributed by atoms with E-state index in [4.69, 9.17) is 4.74 Å². The molecule has 0 saturated heterocycles. The molecule has 0 unspecified atom stereocenters. The molecule has 142 valence electrons. The number of allylic oxidation sites excluding steroid dienone is 1. The van der Waals surface area contributed by atoms with Crippen LogP contribution in [0.25, 0.3) is 0 Å². The lowest BCUT2D eigenvalue weighted by molar-refractivity contribution is 0.245. The summed E-state index contributed by atoms with van der Waals surface area (Å²) in [6, 6.07) is 15.6. The van der Waals surface area contributed by atoms with Crippen LogP contribution in [0.3, 0.4) is 0 Å². The van der Waals surface area contributed by atoms with Crippen molar-refractivity contribution in [3.63, 3.8) is 0 Å². The first kappa shape index (κ1) is 18.1. The van der Waals surface area contributed by atoms with Crippen molar-refractivity contribution in [1.29, 1.82) is 0 Å². The molecule has 0 spiro atoms. The number of rotatable bonds is 8. The summed E-state index contributed by atoms with van der Waals surface area (Å²) < 4.78 is 5.63. The molecule has 1 aliphatic carbocycles. The van der Waals surface area contributed by atoms with E-state index in [1.165, 1.54) is 40.8 Å². The molecule has 3 heteroatoms. The number of ether oxygens (including phenoxy) is 1.